The van der Waals surface area contributed by atoms with Crippen LogP contribution in [-0.4, -0.2) is 25.0 Å². The molecule has 0 radical (unpaired) electrons. The molecular weight excluding hydrogens is 310 g/mol. The number of anilines is 1. The van der Waals surface area contributed by atoms with Crippen LogP contribution in [0.25, 0.3) is 10.9 Å². The number of aromatic amines is 1. The smallest absolute Gasteiger partial charge is 0.251 e. The van der Waals surface area contributed by atoms with Gasteiger partial charge in [-0.25, -0.2) is 0 Å². The first-order chi connectivity index (χ1) is 11.9. The monoisotopic (exact) mass is 335 g/mol. The third-order valence-corrected chi connectivity index (χ3v) is 4.85. The number of fused-ring (bicyclic) bond motifs is 1. The third kappa shape index (κ3) is 3.38. The topological polar surface area (TPSA) is 48.1 Å². The Labute approximate surface area is 148 Å². The van der Waals surface area contributed by atoms with Crippen LogP contribution in [0.1, 0.15) is 32.7 Å². The first kappa shape index (κ1) is 17.1. The number of benzene rings is 2. The van der Waals surface area contributed by atoms with Crippen LogP contribution in [0.5, 0.6) is 0 Å². The quantitative estimate of drug-likeness (QED) is 0.754. The van der Waals surface area contributed by atoms with Crippen molar-refractivity contribution in [3.8, 4) is 0 Å². The van der Waals surface area contributed by atoms with Gasteiger partial charge in [0.1, 0.15) is 0 Å². The number of hydrogen-bond acceptors (Lipinski definition) is 2. The van der Waals surface area contributed by atoms with E-state index in [1.54, 1.807) is 0 Å². The number of rotatable bonds is 4. The second-order valence-electron chi connectivity index (χ2n) is 6.82. The van der Waals surface area contributed by atoms with Crippen LogP contribution >= 0.6 is 0 Å². The molecule has 130 valence electrons. The minimum Gasteiger partial charge on any atom is -0.378 e. The average Bonchev–Trinajstić information content (AvgIpc) is 2.87. The zero-order valence-electron chi connectivity index (χ0n) is 15.5. The molecule has 1 amide bonds. The van der Waals surface area contributed by atoms with Gasteiger partial charge in [-0.05, 0) is 67.8 Å². The lowest BCUT2D eigenvalue weighted by atomic mass is 10.1. The van der Waals surface area contributed by atoms with Crippen molar-refractivity contribution in [2.45, 2.75) is 27.3 Å². The maximum Gasteiger partial charge on any atom is 0.251 e. The van der Waals surface area contributed by atoms with E-state index in [4.69, 9.17) is 0 Å². The Morgan fingerprint density at radius 1 is 1.08 bits per heavy atom. The molecule has 0 aliphatic heterocycles. The first-order valence-corrected chi connectivity index (χ1v) is 8.51. The van der Waals surface area contributed by atoms with Gasteiger partial charge in [-0.2, -0.15) is 0 Å². The molecule has 0 aliphatic rings. The summed E-state index contributed by atoms with van der Waals surface area (Å²) in [6.45, 7) is 6.73. The fraction of sp³-hybridized carbons (Fsp3) is 0.286. The standard InChI is InChI=1S/C21H25N3O/c1-13-10-18(24(4)5)8-6-17(13)12-22-21(25)16-7-9-20-19(11-16)14(2)15(3)23-20/h6-11,23H,12H2,1-5H3,(H,22,25). The van der Waals surface area contributed by atoms with Crippen LogP contribution in [0.15, 0.2) is 36.4 Å². The third-order valence-electron chi connectivity index (χ3n) is 4.85. The maximum atomic E-state index is 12.5. The summed E-state index contributed by atoms with van der Waals surface area (Å²) < 4.78 is 0. The van der Waals surface area contributed by atoms with E-state index in [-0.39, 0.29) is 5.91 Å². The molecule has 0 atom stereocenters. The highest BCUT2D eigenvalue weighted by Crippen LogP contribution is 2.22. The van der Waals surface area contributed by atoms with Crippen LogP contribution in [-0.2, 0) is 6.54 Å². The van der Waals surface area contributed by atoms with E-state index in [1.165, 1.54) is 11.1 Å². The van der Waals surface area contributed by atoms with E-state index in [0.717, 1.165) is 27.8 Å². The molecule has 25 heavy (non-hydrogen) atoms. The number of nitrogens with one attached hydrogen (secondary N) is 2. The molecule has 2 aromatic carbocycles. The van der Waals surface area contributed by atoms with Gasteiger partial charge >= 0.3 is 0 Å². The Hall–Kier alpha value is -2.75. The summed E-state index contributed by atoms with van der Waals surface area (Å²) in [6, 6.07) is 12.1. The van der Waals surface area contributed by atoms with Gasteiger partial charge < -0.3 is 15.2 Å². The average molecular weight is 335 g/mol. The van der Waals surface area contributed by atoms with Crippen molar-refractivity contribution >= 4 is 22.5 Å². The molecule has 0 aliphatic carbocycles. The largest absolute Gasteiger partial charge is 0.378 e. The van der Waals surface area contributed by atoms with Crippen molar-refractivity contribution in [2.24, 2.45) is 0 Å². The SMILES string of the molecule is Cc1cc(N(C)C)ccc1CNC(=O)c1ccc2[nH]c(C)c(C)c2c1. The van der Waals surface area contributed by atoms with E-state index >= 15 is 0 Å². The molecule has 3 aromatic rings. The zero-order valence-corrected chi connectivity index (χ0v) is 15.5. The fourth-order valence-corrected chi connectivity index (χ4v) is 3.04. The number of carbonyl (C=O) groups excluding carboxylic acids is 1. The lowest BCUT2D eigenvalue weighted by Gasteiger charge is -2.15. The van der Waals surface area contributed by atoms with E-state index in [0.29, 0.717) is 12.1 Å². The Bertz CT molecular complexity index is 938. The number of aromatic nitrogens is 1. The summed E-state index contributed by atoms with van der Waals surface area (Å²) in [5.74, 6) is -0.0451. The zero-order chi connectivity index (χ0) is 18.1. The predicted octanol–water partition coefficient (Wildman–Crippen LogP) is 4.09. The highest BCUT2D eigenvalue weighted by atomic mass is 16.1. The number of H-pyrrole nitrogens is 1. The van der Waals surface area contributed by atoms with Gasteiger partial charge in [0.2, 0.25) is 0 Å². The van der Waals surface area contributed by atoms with Gasteiger partial charge in [0.05, 0.1) is 0 Å². The summed E-state index contributed by atoms with van der Waals surface area (Å²) in [6.07, 6.45) is 0. The van der Waals surface area contributed by atoms with Crippen LogP contribution in [0.4, 0.5) is 5.69 Å². The second kappa shape index (κ2) is 6.63. The highest BCUT2D eigenvalue weighted by molar-refractivity contribution is 5.99. The number of aryl methyl sites for hydroxylation is 3. The van der Waals surface area contributed by atoms with Crippen LogP contribution in [0.2, 0.25) is 0 Å². The van der Waals surface area contributed by atoms with Crippen LogP contribution in [0, 0.1) is 20.8 Å². The second-order valence-corrected chi connectivity index (χ2v) is 6.82. The minimum atomic E-state index is -0.0451. The van der Waals surface area contributed by atoms with Crippen LogP contribution in [0.3, 0.4) is 0 Å². The number of amides is 1. The first-order valence-electron chi connectivity index (χ1n) is 8.51. The molecular formula is C21H25N3O. The molecule has 0 spiro atoms. The van der Waals surface area contributed by atoms with Gasteiger partial charge in [-0.1, -0.05) is 6.07 Å². The lowest BCUT2D eigenvalue weighted by Crippen LogP contribution is -2.23. The van der Waals surface area contributed by atoms with E-state index in [2.05, 4.69) is 54.2 Å². The van der Waals surface area contributed by atoms with Crippen molar-refractivity contribution in [3.05, 3.63) is 64.3 Å². The van der Waals surface area contributed by atoms with E-state index < -0.39 is 0 Å². The van der Waals surface area contributed by atoms with Crippen molar-refractivity contribution in [2.75, 3.05) is 19.0 Å². The molecule has 1 heterocycles. The summed E-state index contributed by atoms with van der Waals surface area (Å²) in [4.78, 5) is 17.9. The van der Waals surface area contributed by atoms with Gasteiger partial charge in [-0.15, -0.1) is 0 Å². The maximum absolute atomic E-state index is 12.5. The summed E-state index contributed by atoms with van der Waals surface area (Å²) in [7, 11) is 4.05. The molecule has 4 nitrogen and oxygen atoms in total. The summed E-state index contributed by atoms with van der Waals surface area (Å²) >= 11 is 0. The molecule has 0 bridgehead atoms. The Morgan fingerprint density at radius 3 is 2.52 bits per heavy atom. The van der Waals surface area contributed by atoms with Gasteiger partial charge in [0.15, 0.2) is 0 Å². The molecule has 0 saturated carbocycles. The molecule has 3 rings (SSSR count). The summed E-state index contributed by atoms with van der Waals surface area (Å²) in [5.41, 5.74) is 7.58. The van der Waals surface area contributed by atoms with Crippen LogP contribution < -0.4 is 10.2 Å². The fourth-order valence-electron chi connectivity index (χ4n) is 3.04. The normalized spacial score (nSPS) is 10.9. The Kier molecular flexibility index (Phi) is 4.53. The van der Waals surface area contributed by atoms with Gasteiger partial charge in [0.25, 0.3) is 5.91 Å². The number of carbonyl (C=O) groups is 1. The van der Waals surface area contributed by atoms with Gasteiger partial charge in [0, 0.05) is 48.5 Å². The molecule has 0 unspecified atom stereocenters. The summed E-state index contributed by atoms with van der Waals surface area (Å²) in [5, 5.41) is 4.14. The molecule has 1 aromatic heterocycles. The van der Waals surface area contributed by atoms with Crippen molar-refractivity contribution in [3.63, 3.8) is 0 Å². The Morgan fingerprint density at radius 2 is 1.84 bits per heavy atom. The van der Waals surface area contributed by atoms with Crippen molar-refractivity contribution < 1.29 is 4.79 Å². The van der Waals surface area contributed by atoms with Crippen molar-refractivity contribution in [1.82, 2.24) is 10.3 Å². The molecule has 4 heteroatoms. The number of hydrogen-bond donors (Lipinski definition) is 2. The van der Waals surface area contributed by atoms with Gasteiger partial charge in [-0.3, -0.25) is 4.79 Å². The Balaban J connectivity index is 1.75. The highest BCUT2D eigenvalue weighted by Gasteiger charge is 2.10. The minimum absolute atomic E-state index is 0.0451. The molecule has 2 N–H and O–H groups in total. The van der Waals surface area contributed by atoms with Crippen molar-refractivity contribution in [1.29, 1.82) is 0 Å². The predicted molar refractivity (Wildman–Crippen MR) is 104 cm³/mol. The number of nitrogens with zero attached hydrogens (tertiary/aromatic N) is 1. The van der Waals surface area contributed by atoms with E-state index in [1.807, 2.05) is 32.3 Å². The molecule has 0 fully saturated rings. The molecule has 0 saturated heterocycles. The lowest BCUT2D eigenvalue weighted by molar-refractivity contribution is 0.0951. The van der Waals surface area contributed by atoms with E-state index in [9.17, 15) is 4.79 Å².